The van der Waals surface area contributed by atoms with Crippen LogP contribution in [0.2, 0.25) is 5.02 Å². The molecule has 0 saturated carbocycles. The maximum Gasteiger partial charge on any atom is 1.00 e. The zero-order chi connectivity index (χ0) is 17.8. The minimum absolute atomic E-state index is 0. The molecule has 0 spiro atoms. The van der Waals surface area contributed by atoms with Crippen molar-refractivity contribution in [1.29, 1.82) is 0 Å². The highest BCUT2D eigenvalue weighted by molar-refractivity contribution is 8.00. The van der Waals surface area contributed by atoms with Crippen molar-refractivity contribution in [1.82, 2.24) is 9.88 Å². The lowest BCUT2D eigenvalue weighted by molar-refractivity contribution is -0.0000133. The van der Waals surface area contributed by atoms with Gasteiger partial charge in [0.05, 0.1) is 10.6 Å². The highest BCUT2D eigenvalue weighted by Crippen LogP contribution is 2.26. The monoisotopic (exact) mass is 431 g/mol. The fourth-order valence-corrected chi connectivity index (χ4v) is 4.68. The van der Waals surface area contributed by atoms with E-state index >= 15 is 0 Å². The van der Waals surface area contributed by atoms with Crippen LogP contribution in [-0.4, -0.2) is 54.6 Å². The number of carbonyl (C=O) groups excluding carboxylic acids is 1. The molecule has 4 nitrogen and oxygen atoms in total. The van der Waals surface area contributed by atoms with Crippen LogP contribution >= 0.6 is 34.7 Å². The van der Waals surface area contributed by atoms with Gasteiger partial charge in [-0.05, 0) is 37.4 Å². The molecule has 1 aromatic carbocycles. The Morgan fingerprint density at radius 1 is 1.27 bits per heavy atom. The maximum absolute atomic E-state index is 12.5. The first-order chi connectivity index (χ1) is 12.1. The predicted molar refractivity (Wildman–Crippen MR) is 109 cm³/mol. The van der Waals surface area contributed by atoms with Gasteiger partial charge in [-0.3, -0.25) is 9.69 Å². The molecular weight excluding hydrogens is 409 g/mol. The van der Waals surface area contributed by atoms with Crippen molar-refractivity contribution in [3.63, 3.8) is 0 Å². The highest BCUT2D eigenvalue weighted by Gasteiger charge is 2.20. The van der Waals surface area contributed by atoms with Crippen molar-refractivity contribution >= 4 is 46.2 Å². The summed E-state index contributed by atoms with van der Waals surface area (Å²) < 4.78 is 0.970. The van der Waals surface area contributed by atoms with Crippen LogP contribution in [-0.2, 0) is 0 Å². The van der Waals surface area contributed by atoms with Gasteiger partial charge in [0, 0.05) is 49.9 Å². The molecule has 1 aliphatic rings. The molecule has 8 heteroatoms. The van der Waals surface area contributed by atoms with Gasteiger partial charge in [-0.25, -0.2) is 4.98 Å². The first-order valence-corrected chi connectivity index (χ1v) is 10.8. The third kappa shape index (κ3) is 5.36. The largest absolute Gasteiger partial charge is 1.00 e. The number of thiazole rings is 1. The van der Waals surface area contributed by atoms with Crippen molar-refractivity contribution in [3.8, 4) is 0 Å². The van der Waals surface area contributed by atoms with Gasteiger partial charge in [-0.15, -0.1) is 11.3 Å². The second kappa shape index (κ2) is 9.95. The SMILES string of the molecule is CSc1nc(C)c(C(=O)CCN2CCN(c3ccc(Cl)cc3)CC2)s1.[Cl-].[H+]. The fourth-order valence-electron chi connectivity index (χ4n) is 2.97. The first kappa shape index (κ1) is 21.5. The highest BCUT2D eigenvalue weighted by atomic mass is 35.5. The van der Waals surface area contributed by atoms with Crippen LogP contribution in [0.1, 0.15) is 23.2 Å². The number of halogens is 2. The van der Waals surface area contributed by atoms with E-state index in [4.69, 9.17) is 11.6 Å². The Bertz CT molecular complexity index is 735. The number of aryl methyl sites for hydroxylation is 1. The molecule has 1 fully saturated rings. The summed E-state index contributed by atoms with van der Waals surface area (Å²) >= 11 is 9.07. The summed E-state index contributed by atoms with van der Waals surface area (Å²) in [5.74, 6) is 0.218. The van der Waals surface area contributed by atoms with Gasteiger partial charge in [-0.2, -0.15) is 0 Å². The molecule has 2 aromatic rings. The number of aromatic nitrogens is 1. The molecule has 0 amide bonds. The Hall–Kier alpha value is -0.790. The number of hydrogen-bond acceptors (Lipinski definition) is 6. The second-order valence-electron chi connectivity index (χ2n) is 6.08. The molecule has 3 rings (SSSR count). The second-order valence-corrected chi connectivity index (χ2v) is 8.57. The van der Waals surface area contributed by atoms with E-state index in [9.17, 15) is 4.79 Å². The number of carbonyl (C=O) groups is 1. The third-order valence-corrected chi connectivity index (χ3v) is 6.86. The standard InChI is InChI=1S/C18H22ClN3OS2.ClH/c1-13-17(25-18(20-13)24-2)16(23)7-8-21-9-11-22(12-10-21)15-5-3-14(19)4-6-15;/h3-6H,7-12H2,1-2H3;1H. The molecule has 1 saturated heterocycles. The number of piperazine rings is 1. The van der Waals surface area contributed by atoms with Crippen LogP contribution in [0.15, 0.2) is 28.6 Å². The van der Waals surface area contributed by atoms with Gasteiger partial charge in [0.25, 0.3) is 0 Å². The molecule has 2 heterocycles. The summed E-state index contributed by atoms with van der Waals surface area (Å²) in [5.41, 5.74) is 2.08. The van der Waals surface area contributed by atoms with E-state index in [1.165, 1.54) is 17.0 Å². The van der Waals surface area contributed by atoms with Crippen LogP contribution in [0.3, 0.4) is 0 Å². The average molecular weight is 432 g/mol. The maximum atomic E-state index is 12.5. The lowest BCUT2D eigenvalue weighted by Gasteiger charge is -2.36. The van der Waals surface area contributed by atoms with E-state index in [1.807, 2.05) is 25.3 Å². The lowest BCUT2D eigenvalue weighted by Crippen LogP contribution is -3.00. The molecule has 0 bridgehead atoms. The molecule has 26 heavy (non-hydrogen) atoms. The van der Waals surface area contributed by atoms with Crippen LogP contribution in [0.5, 0.6) is 0 Å². The molecule has 0 unspecified atom stereocenters. The lowest BCUT2D eigenvalue weighted by atomic mass is 10.2. The summed E-state index contributed by atoms with van der Waals surface area (Å²) in [4.78, 5) is 22.5. The van der Waals surface area contributed by atoms with E-state index < -0.39 is 0 Å². The molecule has 1 aliphatic heterocycles. The Kier molecular flexibility index (Phi) is 8.23. The van der Waals surface area contributed by atoms with Gasteiger partial charge in [0.2, 0.25) is 0 Å². The molecule has 0 N–H and O–H groups in total. The van der Waals surface area contributed by atoms with Gasteiger partial charge >= 0.3 is 1.43 Å². The van der Waals surface area contributed by atoms with Crippen molar-refractivity contribution < 1.29 is 18.6 Å². The number of Topliss-reactive ketones (excluding diaryl/α,β-unsaturated/α-hetero) is 1. The van der Waals surface area contributed by atoms with Gasteiger partial charge < -0.3 is 17.3 Å². The Morgan fingerprint density at radius 2 is 1.92 bits per heavy atom. The summed E-state index contributed by atoms with van der Waals surface area (Å²) in [6.07, 6.45) is 2.56. The van der Waals surface area contributed by atoms with Crippen LogP contribution in [0, 0.1) is 6.92 Å². The zero-order valence-corrected chi connectivity index (χ0v) is 18.0. The number of ketones is 1. The van der Waals surface area contributed by atoms with Crippen LogP contribution in [0.4, 0.5) is 5.69 Å². The molecule has 0 atom stereocenters. The minimum Gasteiger partial charge on any atom is -1.00 e. The van der Waals surface area contributed by atoms with Gasteiger partial charge in [0.1, 0.15) is 0 Å². The van der Waals surface area contributed by atoms with Crippen molar-refractivity contribution in [3.05, 3.63) is 39.9 Å². The van der Waals surface area contributed by atoms with E-state index in [1.54, 1.807) is 11.8 Å². The molecule has 0 aliphatic carbocycles. The molecule has 0 radical (unpaired) electrons. The number of anilines is 1. The van der Waals surface area contributed by atoms with Gasteiger partial charge in [0.15, 0.2) is 10.1 Å². The molecule has 1 aromatic heterocycles. The van der Waals surface area contributed by atoms with Gasteiger partial charge in [-0.1, -0.05) is 23.4 Å². The minimum atomic E-state index is 0. The Morgan fingerprint density at radius 3 is 2.50 bits per heavy atom. The summed E-state index contributed by atoms with van der Waals surface area (Å²) in [6.45, 7) is 6.66. The van der Waals surface area contributed by atoms with E-state index in [2.05, 4.69) is 26.9 Å². The Balaban J connectivity index is 0.00000182. The van der Waals surface area contributed by atoms with Crippen molar-refractivity contribution in [2.45, 2.75) is 17.7 Å². The number of thioether (sulfide) groups is 1. The quantitative estimate of drug-likeness (QED) is 0.509. The summed E-state index contributed by atoms with van der Waals surface area (Å²) in [6, 6.07) is 8.00. The van der Waals surface area contributed by atoms with E-state index in [0.717, 1.165) is 52.7 Å². The summed E-state index contributed by atoms with van der Waals surface area (Å²) in [5, 5.41) is 0.767. The first-order valence-electron chi connectivity index (χ1n) is 8.34. The summed E-state index contributed by atoms with van der Waals surface area (Å²) in [7, 11) is 0. The van der Waals surface area contributed by atoms with Crippen LogP contribution in [0.25, 0.3) is 0 Å². The van der Waals surface area contributed by atoms with Crippen molar-refractivity contribution in [2.24, 2.45) is 0 Å². The van der Waals surface area contributed by atoms with Crippen molar-refractivity contribution in [2.75, 3.05) is 43.9 Å². The molecular formula is C18H23Cl2N3OS2. The fraction of sp³-hybridized carbons (Fsp3) is 0.444. The number of hydrogen-bond donors (Lipinski definition) is 0. The topological polar surface area (TPSA) is 36.4 Å². The normalized spacial score (nSPS) is 15.0. The average Bonchev–Trinajstić information content (AvgIpc) is 3.02. The number of nitrogens with zero attached hydrogens (tertiary/aromatic N) is 3. The zero-order valence-electron chi connectivity index (χ0n) is 15.9. The molecule has 142 valence electrons. The third-order valence-electron chi connectivity index (χ3n) is 4.42. The van der Waals surface area contributed by atoms with Crippen LogP contribution < -0.4 is 17.3 Å². The van der Waals surface area contributed by atoms with E-state index in [-0.39, 0.29) is 19.6 Å². The Labute approximate surface area is 175 Å². The predicted octanol–water partition coefficient (Wildman–Crippen LogP) is 1.34. The number of benzene rings is 1. The smallest absolute Gasteiger partial charge is 1.00 e. The van der Waals surface area contributed by atoms with E-state index in [0.29, 0.717) is 6.42 Å². The number of rotatable bonds is 6.